The Bertz CT molecular complexity index is 1040. The number of aromatic nitrogens is 2. The average Bonchev–Trinajstić information content (AvgIpc) is 3.04. The van der Waals surface area contributed by atoms with Crippen LogP contribution in [0, 0.1) is 19.8 Å². The molecule has 1 aromatic carbocycles. The Morgan fingerprint density at radius 1 is 1.24 bits per heavy atom. The Morgan fingerprint density at radius 3 is 2.66 bits per heavy atom. The van der Waals surface area contributed by atoms with Crippen molar-refractivity contribution in [2.75, 3.05) is 29.4 Å². The average molecular weight is 429 g/mol. The lowest BCUT2D eigenvalue weighted by molar-refractivity contribution is -0.122. The fourth-order valence-electron chi connectivity index (χ4n) is 4.08. The molecule has 0 saturated carbocycles. The van der Waals surface area contributed by atoms with Gasteiger partial charge in [0.2, 0.25) is 5.91 Å². The van der Waals surface area contributed by atoms with Gasteiger partial charge in [-0.3, -0.25) is 4.79 Å². The molecule has 1 fully saturated rings. The number of carbonyl (C=O) groups is 1. The summed E-state index contributed by atoms with van der Waals surface area (Å²) < 4.78 is 0. The second-order valence-electron chi connectivity index (χ2n) is 7.46. The van der Waals surface area contributed by atoms with Gasteiger partial charge in [-0.05, 0) is 51.3 Å². The number of amides is 1. The van der Waals surface area contributed by atoms with Crippen molar-refractivity contribution < 1.29 is 4.79 Å². The maximum atomic E-state index is 13.2. The minimum Gasteiger partial charge on any atom is -0.356 e. The standard InChI is InChI=1S/C22H25ClN4OS/c1-4-27(18-8-6-5-7-17(18)23)22(28)16-9-11-26(12-10-16)20-19-14(2)15(3)29-21(19)25-13-24-20/h5-8,13,16H,4,9-12H2,1-3H3. The highest BCUT2D eigenvalue weighted by Gasteiger charge is 2.30. The third-order valence-electron chi connectivity index (χ3n) is 5.81. The second-order valence-corrected chi connectivity index (χ2v) is 9.07. The maximum absolute atomic E-state index is 13.2. The number of nitrogens with zero attached hydrogens (tertiary/aromatic N) is 4. The summed E-state index contributed by atoms with van der Waals surface area (Å²) in [5.41, 5.74) is 2.06. The molecule has 5 nitrogen and oxygen atoms in total. The smallest absolute Gasteiger partial charge is 0.230 e. The van der Waals surface area contributed by atoms with Gasteiger partial charge in [0.05, 0.1) is 16.1 Å². The monoisotopic (exact) mass is 428 g/mol. The predicted molar refractivity (Wildman–Crippen MR) is 121 cm³/mol. The van der Waals surface area contributed by atoms with Crippen LogP contribution in [0.4, 0.5) is 11.5 Å². The van der Waals surface area contributed by atoms with Crippen molar-refractivity contribution in [2.24, 2.45) is 5.92 Å². The summed E-state index contributed by atoms with van der Waals surface area (Å²) in [6.07, 6.45) is 3.28. The van der Waals surface area contributed by atoms with Crippen molar-refractivity contribution in [3.8, 4) is 0 Å². The van der Waals surface area contributed by atoms with Crippen molar-refractivity contribution in [1.29, 1.82) is 0 Å². The van der Waals surface area contributed by atoms with E-state index in [-0.39, 0.29) is 11.8 Å². The van der Waals surface area contributed by atoms with Gasteiger partial charge in [0, 0.05) is 30.4 Å². The molecule has 0 atom stereocenters. The van der Waals surface area contributed by atoms with E-state index in [2.05, 4.69) is 28.7 Å². The first-order chi connectivity index (χ1) is 14.0. The molecule has 1 saturated heterocycles. The molecule has 1 aliphatic heterocycles. The van der Waals surface area contributed by atoms with Gasteiger partial charge in [-0.25, -0.2) is 9.97 Å². The number of piperidine rings is 1. The third-order valence-corrected chi connectivity index (χ3v) is 7.25. The number of aryl methyl sites for hydroxylation is 2. The van der Waals surface area contributed by atoms with E-state index in [1.54, 1.807) is 17.7 Å². The third kappa shape index (κ3) is 3.71. The molecule has 4 rings (SSSR count). The fraction of sp³-hybridized carbons (Fsp3) is 0.409. The summed E-state index contributed by atoms with van der Waals surface area (Å²) in [5.74, 6) is 1.17. The van der Waals surface area contributed by atoms with Gasteiger partial charge in [-0.1, -0.05) is 23.7 Å². The highest BCUT2D eigenvalue weighted by Crippen LogP contribution is 2.36. The molecule has 3 heterocycles. The van der Waals surface area contributed by atoms with Crippen LogP contribution >= 0.6 is 22.9 Å². The van der Waals surface area contributed by atoms with Gasteiger partial charge >= 0.3 is 0 Å². The van der Waals surface area contributed by atoms with Crippen molar-refractivity contribution in [2.45, 2.75) is 33.6 Å². The van der Waals surface area contributed by atoms with E-state index >= 15 is 0 Å². The van der Waals surface area contributed by atoms with E-state index in [0.717, 1.165) is 47.7 Å². The Balaban J connectivity index is 1.51. The van der Waals surface area contributed by atoms with Gasteiger partial charge in [-0.15, -0.1) is 11.3 Å². The van der Waals surface area contributed by atoms with Crippen LogP contribution in [0.5, 0.6) is 0 Å². The summed E-state index contributed by atoms with van der Waals surface area (Å²) in [5, 5.41) is 1.78. The zero-order chi connectivity index (χ0) is 20.5. The summed E-state index contributed by atoms with van der Waals surface area (Å²) in [7, 11) is 0. The van der Waals surface area contributed by atoms with Crippen LogP contribution in [0.2, 0.25) is 5.02 Å². The van der Waals surface area contributed by atoms with Gasteiger partial charge < -0.3 is 9.80 Å². The number of hydrogen-bond acceptors (Lipinski definition) is 5. The SMILES string of the molecule is CCN(C(=O)C1CCN(c2ncnc3sc(C)c(C)c23)CC1)c1ccccc1Cl. The topological polar surface area (TPSA) is 49.3 Å². The Morgan fingerprint density at radius 2 is 1.97 bits per heavy atom. The molecule has 152 valence electrons. The predicted octanol–water partition coefficient (Wildman–Crippen LogP) is 5.23. The lowest BCUT2D eigenvalue weighted by atomic mass is 9.94. The normalized spacial score (nSPS) is 15.1. The van der Waals surface area contributed by atoms with Crippen LogP contribution in [-0.4, -0.2) is 35.5 Å². The van der Waals surface area contributed by atoms with Gasteiger partial charge in [0.1, 0.15) is 17.0 Å². The second kappa shape index (κ2) is 8.28. The maximum Gasteiger partial charge on any atom is 0.230 e. The quantitative estimate of drug-likeness (QED) is 0.570. The molecule has 29 heavy (non-hydrogen) atoms. The van der Waals surface area contributed by atoms with Gasteiger partial charge in [0.25, 0.3) is 0 Å². The molecule has 0 N–H and O–H groups in total. The van der Waals surface area contributed by atoms with E-state index in [0.29, 0.717) is 11.6 Å². The highest BCUT2D eigenvalue weighted by molar-refractivity contribution is 7.18. The van der Waals surface area contributed by atoms with E-state index in [1.165, 1.54) is 10.4 Å². The van der Waals surface area contributed by atoms with Crippen LogP contribution in [0.25, 0.3) is 10.2 Å². The van der Waals surface area contributed by atoms with E-state index < -0.39 is 0 Å². The van der Waals surface area contributed by atoms with Gasteiger partial charge in [-0.2, -0.15) is 0 Å². The molecule has 7 heteroatoms. The van der Waals surface area contributed by atoms with Crippen LogP contribution in [0.1, 0.15) is 30.2 Å². The molecule has 0 spiro atoms. The number of thiophene rings is 1. The molecule has 0 bridgehead atoms. The van der Waals surface area contributed by atoms with Crippen LogP contribution < -0.4 is 9.80 Å². The van der Waals surface area contributed by atoms with Crippen molar-refractivity contribution in [3.05, 3.63) is 46.1 Å². The molecule has 2 aromatic heterocycles. The van der Waals surface area contributed by atoms with E-state index in [1.807, 2.05) is 36.1 Å². The number of anilines is 2. The fourth-order valence-corrected chi connectivity index (χ4v) is 5.31. The largest absolute Gasteiger partial charge is 0.356 e. The molecular formula is C22H25ClN4OS. The first kappa shape index (κ1) is 20.1. The first-order valence-electron chi connectivity index (χ1n) is 10.0. The summed E-state index contributed by atoms with van der Waals surface area (Å²) in [6, 6.07) is 7.56. The van der Waals surface area contributed by atoms with Crippen molar-refractivity contribution in [1.82, 2.24) is 9.97 Å². The zero-order valence-corrected chi connectivity index (χ0v) is 18.6. The minimum atomic E-state index is 0.00473. The molecule has 1 aliphatic rings. The first-order valence-corrected chi connectivity index (χ1v) is 11.2. The number of para-hydroxylation sites is 1. The number of benzene rings is 1. The number of hydrogen-bond donors (Lipinski definition) is 0. The molecule has 0 unspecified atom stereocenters. The zero-order valence-electron chi connectivity index (χ0n) is 17.0. The number of carbonyl (C=O) groups excluding carboxylic acids is 1. The van der Waals surface area contributed by atoms with Crippen molar-refractivity contribution >= 4 is 50.6 Å². The lowest BCUT2D eigenvalue weighted by Gasteiger charge is -2.35. The Kier molecular flexibility index (Phi) is 5.74. The van der Waals surface area contributed by atoms with E-state index in [4.69, 9.17) is 11.6 Å². The minimum absolute atomic E-state index is 0.00473. The Hall–Kier alpha value is -2.18. The van der Waals surface area contributed by atoms with Crippen LogP contribution in [-0.2, 0) is 4.79 Å². The number of fused-ring (bicyclic) bond motifs is 1. The number of halogens is 1. The summed E-state index contributed by atoms with van der Waals surface area (Å²) in [6.45, 7) is 8.51. The van der Waals surface area contributed by atoms with Crippen LogP contribution in [0.15, 0.2) is 30.6 Å². The Labute approximate surface area is 180 Å². The van der Waals surface area contributed by atoms with Crippen LogP contribution in [0.3, 0.4) is 0 Å². The molecule has 3 aromatic rings. The van der Waals surface area contributed by atoms with E-state index in [9.17, 15) is 4.79 Å². The highest BCUT2D eigenvalue weighted by atomic mass is 35.5. The molecule has 1 amide bonds. The summed E-state index contributed by atoms with van der Waals surface area (Å²) in [4.78, 5) is 28.7. The van der Waals surface area contributed by atoms with Crippen molar-refractivity contribution in [3.63, 3.8) is 0 Å². The molecule has 0 radical (unpaired) electrons. The number of rotatable bonds is 4. The van der Waals surface area contributed by atoms with Gasteiger partial charge in [0.15, 0.2) is 0 Å². The molecular weight excluding hydrogens is 404 g/mol. The molecule has 0 aliphatic carbocycles. The summed E-state index contributed by atoms with van der Waals surface area (Å²) >= 11 is 8.06. The lowest BCUT2D eigenvalue weighted by Crippen LogP contribution is -2.43.